The minimum Gasteiger partial charge on any atom is -0.490 e. The second-order valence-electron chi connectivity index (χ2n) is 20.7. The fourth-order valence-corrected chi connectivity index (χ4v) is 7.80. The Morgan fingerprint density at radius 2 is 1.23 bits per heavy atom. The molecule has 0 saturated heterocycles. The summed E-state index contributed by atoms with van der Waals surface area (Å²) < 4.78 is 38.8. The second-order valence-corrected chi connectivity index (χ2v) is 22.1. The van der Waals surface area contributed by atoms with E-state index >= 15 is 0 Å². The van der Waals surface area contributed by atoms with Gasteiger partial charge >= 0.3 is 30.0 Å². The van der Waals surface area contributed by atoms with Crippen molar-refractivity contribution < 1.29 is 66.4 Å². The lowest BCUT2D eigenvalue weighted by Crippen LogP contribution is -2.49. The number of nitrogen functional groups attached to an aromatic ring is 1. The summed E-state index contributed by atoms with van der Waals surface area (Å²) in [5, 5.41) is 31.3. The number of carbonyl (C=O) groups excluding carboxylic acids is 7. The van der Waals surface area contributed by atoms with Crippen LogP contribution in [0.5, 0.6) is 5.75 Å². The maximum Gasteiger partial charge on any atom is 0.408 e. The highest BCUT2D eigenvalue weighted by molar-refractivity contribution is 7.98. The first kappa shape index (κ1) is 63.6. The van der Waals surface area contributed by atoms with Gasteiger partial charge in [-0.3, -0.25) is 14.4 Å². The maximum atomic E-state index is 13.5. The van der Waals surface area contributed by atoms with E-state index in [-0.39, 0.29) is 39.0 Å². The number of oxazole rings is 1. The van der Waals surface area contributed by atoms with Crippen molar-refractivity contribution in [1.29, 1.82) is 10.5 Å². The largest absolute Gasteiger partial charge is 0.490 e. The minimum atomic E-state index is -1.51. The molecule has 0 aliphatic carbocycles. The van der Waals surface area contributed by atoms with E-state index in [1.807, 2.05) is 6.07 Å². The fraction of sp³-hybridized carbons (Fsp3) is 0.463. The molecule has 0 spiro atoms. The number of benzene rings is 2. The standard InChI is InChI=1S/C54H66ClN9O14S/c1-29(60-42(66)22-40(50(70)77-53(6,7)8)63-51(71)78-54(9,10)11)47(67)74-27-36(75-48(68)30(2)61-41(65)21-39(59-12)49(69)76-52(3,4)5)26-72-35-19-15-31(16-20-35)43-37(23-56)44(58)64-46(38(43)24-57)79-28-34-25-73-45(62-34)32-13-17-33(55)18-14-32/h13-20,25,29-30,36,39-40,59H,21-22,26-28H2,1-12H3,(H2,58,64)(H,60,66)(H,61,65)(H,63,71)/t29-,30-,36-,39-,40-/m0/s1. The monoisotopic (exact) mass is 1130 g/mol. The first-order valence-corrected chi connectivity index (χ1v) is 26.0. The Kier molecular flexibility index (Phi) is 22.6. The molecule has 0 aliphatic rings. The number of nitrogens with one attached hydrogen (secondary N) is 4. The summed E-state index contributed by atoms with van der Waals surface area (Å²) in [6.07, 6.45) is -1.92. The second kappa shape index (κ2) is 28.1. The fourth-order valence-electron chi connectivity index (χ4n) is 6.80. The van der Waals surface area contributed by atoms with Crippen molar-refractivity contribution in [1.82, 2.24) is 31.2 Å². The molecule has 4 aromatic rings. The third kappa shape index (κ3) is 20.8. The van der Waals surface area contributed by atoms with Crippen LogP contribution in [0.2, 0.25) is 5.02 Å². The molecular weight excluding hydrogens is 1070 g/mol. The summed E-state index contributed by atoms with van der Waals surface area (Å²) in [5.41, 5.74) is 5.40. The molecule has 79 heavy (non-hydrogen) atoms. The topological polar surface area (TPSA) is 336 Å². The maximum absolute atomic E-state index is 13.5. The Morgan fingerprint density at radius 1 is 0.696 bits per heavy atom. The van der Waals surface area contributed by atoms with Gasteiger partial charge in [0.05, 0.1) is 24.1 Å². The van der Waals surface area contributed by atoms with E-state index in [0.717, 1.165) is 11.8 Å². The number of rotatable bonds is 23. The Balaban J connectivity index is 1.52. The number of nitrogens with zero attached hydrogens (tertiary/aromatic N) is 4. The summed E-state index contributed by atoms with van der Waals surface area (Å²) in [6.45, 7) is 16.2. The quantitative estimate of drug-likeness (QED) is 0.0302. The zero-order valence-electron chi connectivity index (χ0n) is 46.0. The van der Waals surface area contributed by atoms with Crippen LogP contribution in [0.25, 0.3) is 22.6 Å². The number of alkyl carbamates (subject to hydrolysis) is 1. The van der Waals surface area contributed by atoms with E-state index in [4.69, 9.17) is 50.2 Å². The van der Waals surface area contributed by atoms with Gasteiger partial charge in [-0.25, -0.2) is 29.1 Å². The molecular formula is C54H66ClN9O14S. The Labute approximate surface area is 467 Å². The minimum absolute atomic E-state index is 0.0481. The number of hydrogen-bond donors (Lipinski definition) is 5. The van der Waals surface area contributed by atoms with Crippen LogP contribution < -0.4 is 31.7 Å². The third-order valence-corrected chi connectivity index (χ3v) is 11.6. The van der Waals surface area contributed by atoms with Crippen LogP contribution in [0.1, 0.15) is 106 Å². The number of nitrogens with two attached hydrogens (primary N) is 1. The van der Waals surface area contributed by atoms with E-state index in [1.165, 1.54) is 39.3 Å². The van der Waals surface area contributed by atoms with Crippen LogP contribution in [-0.2, 0) is 58.2 Å². The van der Waals surface area contributed by atoms with Crippen molar-refractivity contribution in [2.75, 3.05) is 26.0 Å². The Bertz CT molecular complexity index is 2920. The molecule has 5 atom stereocenters. The Morgan fingerprint density at radius 3 is 1.77 bits per heavy atom. The highest BCUT2D eigenvalue weighted by atomic mass is 35.5. The smallest absolute Gasteiger partial charge is 0.408 e. The molecule has 6 N–H and O–H groups in total. The van der Waals surface area contributed by atoms with Gasteiger partial charge in [-0.1, -0.05) is 35.5 Å². The number of carbonyl (C=O) groups is 7. The summed E-state index contributed by atoms with van der Waals surface area (Å²) in [5.74, 6) is -4.51. The lowest BCUT2D eigenvalue weighted by molar-refractivity contribution is -0.164. The van der Waals surface area contributed by atoms with E-state index < -0.39 is 115 Å². The number of likely N-dealkylation sites (N-methyl/N-ethyl adjacent to an activating group) is 1. The van der Waals surface area contributed by atoms with Crippen LogP contribution >= 0.6 is 23.4 Å². The van der Waals surface area contributed by atoms with E-state index in [1.54, 1.807) is 98.7 Å². The molecule has 2 aromatic heterocycles. The number of anilines is 1. The van der Waals surface area contributed by atoms with Gasteiger partial charge in [0.1, 0.15) is 94.7 Å². The number of thioether (sulfide) groups is 1. The summed E-state index contributed by atoms with van der Waals surface area (Å²) in [7, 11) is 1.47. The average Bonchev–Trinajstić information content (AvgIpc) is 3.89. The molecule has 0 bridgehead atoms. The predicted molar refractivity (Wildman–Crippen MR) is 288 cm³/mol. The molecule has 0 fully saturated rings. The number of esters is 4. The van der Waals surface area contributed by atoms with Gasteiger partial charge in [0, 0.05) is 21.9 Å². The van der Waals surface area contributed by atoms with Crippen LogP contribution in [0.15, 0.2) is 64.2 Å². The van der Waals surface area contributed by atoms with Crippen molar-refractivity contribution in [3.63, 3.8) is 0 Å². The lowest BCUT2D eigenvalue weighted by Gasteiger charge is -2.26. The van der Waals surface area contributed by atoms with Gasteiger partial charge < -0.3 is 59.8 Å². The predicted octanol–water partition coefficient (Wildman–Crippen LogP) is 6.46. The molecule has 25 heteroatoms. The van der Waals surface area contributed by atoms with Gasteiger partial charge in [-0.05, 0) is 125 Å². The van der Waals surface area contributed by atoms with Gasteiger partial charge in [0.25, 0.3) is 0 Å². The van der Waals surface area contributed by atoms with Crippen molar-refractivity contribution >= 4 is 71.0 Å². The van der Waals surface area contributed by atoms with E-state index in [9.17, 15) is 44.1 Å². The number of pyridine rings is 1. The molecule has 0 aliphatic heterocycles. The van der Waals surface area contributed by atoms with Gasteiger partial charge in [0.2, 0.25) is 17.7 Å². The summed E-state index contributed by atoms with van der Waals surface area (Å²) in [6, 6.07) is 12.1. The number of aromatic nitrogens is 2. The van der Waals surface area contributed by atoms with Crippen molar-refractivity contribution in [3.05, 3.63) is 76.6 Å². The molecule has 2 heterocycles. The molecule has 0 saturated carbocycles. The first-order valence-electron chi connectivity index (χ1n) is 24.7. The van der Waals surface area contributed by atoms with Crippen LogP contribution in [0.4, 0.5) is 10.6 Å². The summed E-state index contributed by atoms with van der Waals surface area (Å²) in [4.78, 5) is 100. The van der Waals surface area contributed by atoms with Crippen molar-refractivity contribution in [3.8, 4) is 40.5 Å². The number of hydrogen-bond acceptors (Lipinski definition) is 21. The van der Waals surface area contributed by atoms with Crippen molar-refractivity contribution in [2.24, 2.45) is 0 Å². The molecule has 0 radical (unpaired) electrons. The molecule has 0 unspecified atom stereocenters. The highest BCUT2D eigenvalue weighted by Gasteiger charge is 2.33. The SMILES string of the molecule is CN[C@@H](CC(=O)N[C@@H](C)C(=O)O[C@H](COC(=O)[C@H](C)NC(=O)C[C@H](NC(=O)OC(C)(C)C)C(=O)OC(C)(C)C)COc1ccc(-c2c(C#N)c(N)nc(SCc3coc(-c4ccc(Cl)cc4)n3)c2C#N)cc1)C(=O)OC(C)(C)C. The van der Waals surface area contributed by atoms with Gasteiger partial charge in [-0.15, -0.1) is 0 Å². The molecule has 3 amide bonds. The molecule has 4 rings (SSSR count). The van der Waals surface area contributed by atoms with Crippen LogP contribution in [0.3, 0.4) is 0 Å². The molecule has 2 aromatic carbocycles. The van der Waals surface area contributed by atoms with Gasteiger partial charge in [-0.2, -0.15) is 10.5 Å². The number of amides is 3. The zero-order chi connectivity index (χ0) is 59.0. The summed E-state index contributed by atoms with van der Waals surface area (Å²) >= 11 is 7.18. The number of halogens is 1. The lowest BCUT2D eigenvalue weighted by atomic mass is 9.97. The van der Waals surface area contributed by atoms with E-state index in [2.05, 4.69) is 37.3 Å². The molecule has 424 valence electrons. The third-order valence-electron chi connectivity index (χ3n) is 10.4. The number of nitriles is 2. The normalized spacial score (nSPS) is 13.4. The molecule has 23 nitrogen and oxygen atoms in total. The first-order chi connectivity index (χ1) is 36.9. The zero-order valence-corrected chi connectivity index (χ0v) is 47.6. The average molecular weight is 1130 g/mol. The van der Waals surface area contributed by atoms with Crippen molar-refractivity contribution in [2.45, 2.75) is 147 Å². The Hall–Kier alpha value is -7.93. The van der Waals surface area contributed by atoms with Gasteiger partial charge in [0.15, 0.2) is 6.10 Å². The number of ether oxygens (including phenoxy) is 6. The van der Waals surface area contributed by atoms with E-state index in [0.29, 0.717) is 27.7 Å². The van der Waals surface area contributed by atoms with Crippen LogP contribution in [0, 0.1) is 22.7 Å². The van der Waals surface area contributed by atoms with Crippen LogP contribution in [-0.4, -0.2) is 119 Å². The highest BCUT2D eigenvalue weighted by Crippen LogP contribution is 2.37.